The largest absolute Gasteiger partial charge is 0.507 e. The molecule has 0 aliphatic carbocycles. The lowest BCUT2D eigenvalue weighted by Crippen LogP contribution is -2.29. The van der Waals surface area contributed by atoms with E-state index in [2.05, 4.69) is 4.98 Å². The van der Waals surface area contributed by atoms with Gasteiger partial charge >= 0.3 is 0 Å². The predicted octanol–water partition coefficient (Wildman–Crippen LogP) is 4.04. The van der Waals surface area contributed by atoms with Gasteiger partial charge in [-0.05, 0) is 66.4 Å². The number of ether oxygens (including phenoxy) is 2. The van der Waals surface area contributed by atoms with Gasteiger partial charge < -0.3 is 14.6 Å². The highest BCUT2D eigenvalue weighted by Crippen LogP contribution is 2.45. The number of carbonyl (C=O) groups is 2. The maximum absolute atomic E-state index is 13.3. The number of amides is 1. The Balaban J connectivity index is 1.70. The third-order valence-electron chi connectivity index (χ3n) is 5.99. The van der Waals surface area contributed by atoms with Crippen molar-refractivity contribution < 1.29 is 24.2 Å². The van der Waals surface area contributed by atoms with E-state index in [0.717, 1.165) is 24.2 Å². The maximum Gasteiger partial charge on any atom is 0.300 e. The summed E-state index contributed by atoms with van der Waals surface area (Å²) in [5, 5.41) is 11.3. The first-order chi connectivity index (χ1) is 16.1. The van der Waals surface area contributed by atoms with Crippen molar-refractivity contribution in [2.45, 2.75) is 18.9 Å². The minimum atomic E-state index is -0.836. The number of fused-ring (bicyclic) bond motifs is 1. The summed E-state index contributed by atoms with van der Waals surface area (Å²) < 4.78 is 11.1. The second-order valence-electron chi connectivity index (χ2n) is 7.90. The number of aryl methyl sites for hydroxylation is 1. The fourth-order valence-corrected chi connectivity index (χ4v) is 4.43. The molecular formula is C26H22N2O5. The molecule has 3 heterocycles. The number of hydrogen-bond donors (Lipinski definition) is 1. The van der Waals surface area contributed by atoms with Crippen LogP contribution in [0.15, 0.2) is 72.6 Å². The number of methoxy groups -OCH3 is 1. The van der Waals surface area contributed by atoms with Crippen molar-refractivity contribution in [1.82, 2.24) is 4.98 Å². The van der Waals surface area contributed by atoms with Gasteiger partial charge in [-0.15, -0.1) is 0 Å². The van der Waals surface area contributed by atoms with E-state index in [0.29, 0.717) is 29.2 Å². The lowest BCUT2D eigenvalue weighted by Gasteiger charge is -2.26. The molecule has 2 aliphatic rings. The molecule has 1 fully saturated rings. The molecule has 33 heavy (non-hydrogen) atoms. The summed E-state index contributed by atoms with van der Waals surface area (Å²) in [5.74, 6) is -0.485. The maximum atomic E-state index is 13.3. The number of aliphatic hydroxyl groups is 1. The predicted molar refractivity (Wildman–Crippen MR) is 122 cm³/mol. The summed E-state index contributed by atoms with van der Waals surface area (Å²) in [6.07, 6.45) is 4.88. The van der Waals surface area contributed by atoms with E-state index in [-0.39, 0.29) is 11.3 Å². The van der Waals surface area contributed by atoms with E-state index in [9.17, 15) is 14.7 Å². The summed E-state index contributed by atoms with van der Waals surface area (Å²) in [6.45, 7) is 0.657. The van der Waals surface area contributed by atoms with E-state index in [1.54, 1.807) is 60.9 Å². The molecule has 0 bridgehead atoms. The van der Waals surface area contributed by atoms with Crippen molar-refractivity contribution in [2.75, 3.05) is 18.6 Å². The number of pyridine rings is 1. The molecule has 2 aliphatic heterocycles. The molecule has 1 aromatic heterocycles. The molecule has 5 rings (SSSR count). The van der Waals surface area contributed by atoms with Crippen LogP contribution in [0.25, 0.3) is 5.76 Å². The Hall–Kier alpha value is -4.13. The van der Waals surface area contributed by atoms with E-state index in [1.165, 1.54) is 12.0 Å². The quantitative estimate of drug-likeness (QED) is 0.373. The van der Waals surface area contributed by atoms with Crippen molar-refractivity contribution in [1.29, 1.82) is 0 Å². The number of hydrogen-bond acceptors (Lipinski definition) is 6. The molecule has 3 aromatic rings. The van der Waals surface area contributed by atoms with Crippen LogP contribution in [0.5, 0.6) is 11.5 Å². The summed E-state index contributed by atoms with van der Waals surface area (Å²) in [6, 6.07) is 14.9. The number of nitrogens with zero attached hydrogens (tertiary/aromatic N) is 2. The third kappa shape index (κ3) is 3.51. The summed E-state index contributed by atoms with van der Waals surface area (Å²) >= 11 is 0. The number of ketones is 1. The first-order valence-electron chi connectivity index (χ1n) is 10.7. The first kappa shape index (κ1) is 20.8. The summed E-state index contributed by atoms with van der Waals surface area (Å²) in [7, 11) is 1.51. The normalized spacial score (nSPS) is 19.2. The molecule has 0 radical (unpaired) electrons. The second kappa shape index (κ2) is 8.43. The molecule has 1 atom stereocenters. The zero-order chi connectivity index (χ0) is 22.9. The fraction of sp³-hybridized carbons (Fsp3) is 0.192. The van der Waals surface area contributed by atoms with Crippen LogP contribution < -0.4 is 14.4 Å². The number of aliphatic hydroxyl groups excluding tert-OH is 1. The molecule has 1 unspecified atom stereocenters. The number of anilines is 1. The lowest BCUT2D eigenvalue weighted by atomic mass is 9.94. The summed E-state index contributed by atoms with van der Waals surface area (Å²) in [5.41, 5.74) is 2.55. The first-order valence-corrected chi connectivity index (χ1v) is 10.7. The average molecular weight is 442 g/mol. The monoisotopic (exact) mass is 442 g/mol. The van der Waals surface area contributed by atoms with Crippen LogP contribution in [0, 0.1) is 0 Å². The number of benzene rings is 2. The van der Waals surface area contributed by atoms with Gasteiger partial charge in [0, 0.05) is 18.0 Å². The van der Waals surface area contributed by atoms with Gasteiger partial charge in [-0.25, -0.2) is 0 Å². The molecule has 0 spiro atoms. The van der Waals surface area contributed by atoms with E-state index >= 15 is 0 Å². The van der Waals surface area contributed by atoms with Gasteiger partial charge in [0.15, 0.2) is 0 Å². The Morgan fingerprint density at radius 1 is 1.12 bits per heavy atom. The SMILES string of the molecule is COc1ccccc1N1C(=O)C(=O)/C(=C(\O)c2ccc3c(c2)CCCO3)C1c1ccncc1. The van der Waals surface area contributed by atoms with Gasteiger partial charge in [0.05, 0.1) is 31.0 Å². The number of para-hydroxylation sites is 2. The lowest BCUT2D eigenvalue weighted by molar-refractivity contribution is -0.132. The minimum absolute atomic E-state index is 0.0220. The molecule has 7 nitrogen and oxygen atoms in total. The number of carbonyl (C=O) groups excluding carboxylic acids is 2. The highest BCUT2D eigenvalue weighted by Gasteiger charge is 2.47. The minimum Gasteiger partial charge on any atom is -0.507 e. The zero-order valence-electron chi connectivity index (χ0n) is 18.0. The van der Waals surface area contributed by atoms with E-state index < -0.39 is 17.7 Å². The van der Waals surface area contributed by atoms with Crippen LogP contribution in [-0.2, 0) is 16.0 Å². The highest BCUT2D eigenvalue weighted by molar-refractivity contribution is 6.51. The van der Waals surface area contributed by atoms with Gasteiger partial charge in [0.2, 0.25) is 0 Å². The zero-order valence-corrected chi connectivity index (χ0v) is 18.0. The Kier molecular flexibility index (Phi) is 5.30. The van der Waals surface area contributed by atoms with Gasteiger partial charge in [-0.1, -0.05) is 12.1 Å². The Bertz CT molecular complexity index is 1270. The van der Waals surface area contributed by atoms with Crippen LogP contribution in [0.4, 0.5) is 5.69 Å². The van der Waals surface area contributed by atoms with Crippen molar-refractivity contribution in [3.05, 3.63) is 89.3 Å². The van der Waals surface area contributed by atoms with Gasteiger partial charge in [-0.3, -0.25) is 19.5 Å². The van der Waals surface area contributed by atoms with Crippen LogP contribution in [0.1, 0.15) is 29.2 Å². The smallest absolute Gasteiger partial charge is 0.300 e. The topological polar surface area (TPSA) is 89.0 Å². The van der Waals surface area contributed by atoms with E-state index in [1.807, 2.05) is 6.07 Å². The fourth-order valence-electron chi connectivity index (χ4n) is 4.43. The molecule has 7 heteroatoms. The highest BCUT2D eigenvalue weighted by atomic mass is 16.5. The van der Waals surface area contributed by atoms with Gasteiger partial charge in [0.25, 0.3) is 11.7 Å². The number of Topliss-reactive ketones (excluding diaryl/α,β-unsaturated/α-hetero) is 1. The Morgan fingerprint density at radius 3 is 2.70 bits per heavy atom. The van der Waals surface area contributed by atoms with Crippen molar-refractivity contribution in [3.8, 4) is 11.5 Å². The standard InChI is InChI=1S/C26H22N2O5/c1-32-21-7-3-2-6-19(21)28-23(16-10-12-27-13-11-16)22(25(30)26(28)31)24(29)18-8-9-20-17(15-18)5-4-14-33-20/h2-3,6-13,15,23,29H,4-5,14H2,1H3/b24-22-. The molecule has 1 amide bonds. The van der Waals surface area contributed by atoms with Crippen LogP contribution in [-0.4, -0.2) is 35.5 Å². The van der Waals surface area contributed by atoms with Crippen molar-refractivity contribution in [3.63, 3.8) is 0 Å². The van der Waals surface area contributed by atoms with E-state index in [4.69, 9.17) is 9.47 Å². The Morgan fingerprint density at radius 2 is 1.91 bits per heavy atom. The number of rotatable bonds is 4. The molecule has 0 saturated carbocycles. The number of aromatic nitrogens is 1. The van der Waals surface area contributed by atoms with Crippen LogP contribution >= 0.6 is 0 Å². The average Bonchev–Trinajstić information content (AvgIpc) is 3.13. The van der Waals surface area contributed by atoms with Gasteiger partial charge in [-0.2, -0.15) is 0 Å². The molecule has 166 valence electrons. The molecule has 1 saturated heterocycles. The van der Waals surface area contributed by atoms with Gasteiger partial charge in [0.1, 0.15) is 17.3 Å². The van der Waals surface area contributed by atoms with Crippen molar-refractivity contribution >= 4 is 23.1 Å². The Labute approximate surface area is 190 Å². The third-order valence-corrected chi connectivity index (χ3v) is 5.99. The van der Waals surface area contributed by atoms with Crippen LogP contribution in [0.3, 0.4) is 0 Å². The summed E-state index contributed by atoms with van der Waals surface area (Å²) in [4.78, 5) is 32.0. The molecule has 1 N–H and O–H groups in total. The van der Waals surface area contributed by atoms with Crippen LogP contribution in [0.2, 0.25) is 0 Å². The van der Waals surface area contributed by atoms with Crippen molar-refractivity contribution in [2.24, 2.45) is 0 Å². The molecule has 2 aromatic carbocycles. The second-order valence-corrected chi connectivity index (χ2v) is 7.90. The molecular weight excluding hydrogens is 420 g/mol.